The molecule has 672 valence electrons. The Bertz CT molecular complexity index is 9080. The molecule has 4 nitrogen and oxygen atoms in total. The molecule has 0 aliphatic rings. The maximum absolute atomic E-state index is 14.9. The van der Waals surface area contributed by atoms with E-state index in [1.807, 2.05) is 124 Å². The Balaban J connectivity index is 0.000000110. The smallest absolute Gasteiger partial charge is 0.171 e. The van der Waals surface area contributed by atoms with Crippen molar-refractivity contribution >= 4 is 196 Å². The molecule has 0 spiro atoms. The van der Waals surface area contributed by atoms with Gasteiger partial charge in [-0.15, -0.1) is 0 Å². The molecule has 1 heterocycles. The lowest BCUT2D eigenvalue weighted by Gasteiger charge is -2.20. The number of hydrogen-bond donors (Lipinski definition) is 0. The van der Waals surface area contributed by atoms with Crippen LogP contribution in [0.3, 0.4) is 0 Å². The van der Waals surface area contributed by atoms with Gasteiger partial charge in [0.25, 0.3) is 0 Å². The van der Waals surface area contributed by atoms with Gasteiger partial charge in [0.2, 0.25) is 0 Å². The van der Waals surface area contributed by atoms with E-state index >= 15 is 0 Å². The Labute approximate surface area is 817 Å². The molecule has 8 heteroatoms. The van der Waals surface area contributed by atoms with Crippen molar-refractivity contribution in [1.82, 2.24) is 4.98 Å². The second-order valence-corrected chi connectivity index (χ2v) is 50.9. The lowest BCUT2D eigenvalue weighted by atomic mass is 9.85. The number of benzene rings is 24. The van der Waals surface area contributed by atoms with E-state index in [2.05, 4.69) is 414 Å². The predicted octanol–water partition coefficient (Wildman–Crippen LogP) is 34.1. The number of pyridine rings is 1. The molecule has 0 radical (unpaired) electrons. The van der Waals surface area contributed by atoms with E-state index in [0.29, 0.717) is 0 Å². The number of fused-ring (bicyclic) bond motifs is 14. The molecular formula is C132H101NO3P4. The van der Waals surface area contributed by atoms with E-state index in [9.17, 15) is 13.7 Å². The number of aromatic nitrogens is 1. The molecule has 0 fully saturated rings. The van der Waals surface area contributed by atoms with Crippen molar-refractivity contribution in [3.05, 3.63) is 491 Å². The Morgan fingerprint density at radius 3 is 0.829 bits per heavy atom. The highest BCUT2D eigenvalue weighted by molar-refractivity contribution is 7.85. The van der Waals surface area contributed by atoms with Gasteiger partial charge in [-0.25, -0.2) is 4.98 Å². The van der Waals surface area contributed by atoms with Gasteiger partial charge in [0, 0.05) is 53.6 Å². The summed E-state index contributed by atoms with van der Waals surface area (Å²) in [6.45, 7) is 10.6. The van der Waals surface area contributed by atoms with Gasteiger partial charge in [-0.2, -0.15) is 0 Å². The van der Waals surface area contributed by atoms with Crippen LogP contribution >= 0.6 is 28.3 Å². The minimum Gasteiger partial charge on any atom is -0.319 e. The van der Waals surface area contributed by atoms with E-state index in [-0.39, 0.29) is 0 Å². The fourth-order valence-electron chi connectivity index (χ4n) is 20.7. The molecule has 0 amide bonds. The van der Waals surface area contributed by atoms with E-state index in [4.69, 9.17) is 4.98 Å². The van der Waals surface area contributed by atoms with Crippen LogP contribution in [0.2, 0.25) is 0 Å². The van der Waals surface area contributed by atoms with Crippen LogP contribution in [0, 0.1) is 0 Å². The fourth-order valence-corrected chi connectivity index (χ4v) is 26.1. The normalized spacial score (nSPS) is 11.9. The van der Waals surface area contributed by atoms with Gasteiger partial charge >= 0.3 is 0 Å². The summed E-state index contributed by atoms with van der Waals surface area (Å²) in [5, 5.41) is 32.7. The summed E-state index contributed by atoms with van der Waals surface area (Å²) in [5.74, 6) is 0. The zero-order valence-corrected chi connectivity index (χ0v) is 82.5. The van der Waals surface area contributed by atoms with Gasteiger partial charge in [-0.05, 0) is 245 Å². The maximum Gasteiger partial charge on any atom is 0.171 e. The van der Waals surface area contributed by atoms with E-state index < -0.39 is 28.3 Å². The number of nitrogens with zero attached hydrogens (tertiary/aromatic N) is 1. The summed E-state index contributed by atoms with van der Waals surface area (Å²) in [4.78, 5) is 5.36. The summed E-state index contributed by atoms with van der Waals surface area (Å²) in [7, 11) is -7.64. The van der Waals surface area contributed by atoms with Crippen LogP contribution in [0.5, 0.6) is 0 Å². The average Bonchev–Trinajstić information content (AvgIpc) is 0.738. The van der Waals surface area contributed by atoms with Gasteiger partial charge in [-0.3, -0.25) is 0 Å². The molecule has 0 saturated heterocycles. The SMILES string of the molecule is C=P(C)(C)c1ccc(-c2c3ccccc3c(-c3ccc4ccccc4c3)c3ccccc23)cc1.CP(C)(=O)c1ccc(-c2c3ccccc3cc3ccccc23)cc1.CP(C)(=O)c1cccc(-c2c3ccccc3c(-c3ccc4ccccc4c3)c3ccccc23)c1.O=P(c1ccccc1)(c1ccccc1)c1ccc(-c2cccc(-c3c4ccc5ccccc5c4nc4c3ccc3ccccc34)c2)cc1. The Morgan fingerprint density at radius 1 is 0.164 bits per heavy atom. The summed E-state index contributed by atoms with van der Waals surface area (Å²) >= 11 is 0. The molecule has 0 aliphatic heterocycles. The Morgan fingerprint density at radius 2 is 0.429 bits per heavy atom. The van der Waals surface area contributed by atoms with Crippen LogP contribution in [0.25, 0.3) is 207 Å². The van der Waals surface area contributed by atoms with Crippen molar-refractivity contribution < 1.29 is 13.7 Å². The van der Waals surface area contributed by atoms with E-state index in [0.717, 1.165) is 81.4 Å². The first-order valence-electron chi connectivity index (χ1n) is 47.7. The third-order valence-corrected chi connectivity index (χ3v) is 35.5. The lowest BCUT2D eigenvalue weighted by Crippen LogP contribution is -2.24. The minimum absolute atomic E-state index is 0.824. The Kier molecular flexibility index (Phi) is 24.0. The highest BCUT2D eigenvalue weighted by Crippen LogP contribution is 2.51. The molecule has 140 heavy (non-hydrogen) atoms. The summed E-state index contributed by atoms with van der Waals surface area (Å²) < 4.78 is 40.1. The topological polar surface area (TPSA) is 64.1 Å². The first-order chi connectivity index (χ1) is 68.2. The van der Waals surface area contributed by atoms with Crippen molar-refractivity contribution in [2.45, 2.75) is 0 Å². The molecule has 24 aromatic carbocycles. The second kappa shape index (κ2) is 37.5. The lowest BCUT2D eigenvalue weighted by molar-refractivity contribution is 0.587. The van der Waals surface area contributed by atoms with Crippen molar-refractivity contribution in [1.29, 1.82) is 0 Å². The zero-order chi connectivity index (χ0) is 95.4. The fraction of sp³-hybridized carbons (Fsp3) is 0.0455. The van der Waals surface area contributed by atoms with Gasteiger partial charge < -0.3 is 13.7 Å². The Hall–Kier alpha value is -15.5. The highest BCUT2D eigenvalue weighted by atomic mass is 31.2. The van der Waals surface area contributed by atoms with Gasteiger partial charge in [0.05, 0.1) is 11.0 Å². The van der Waals surface area contributed by atoms with Crippen LogP contribution < -0.4 is 31.8 Å². The van der Waals surface area contributed by atoms with Gasteiger partial charge in [0.15, 0.2) is 7.14 Å². The second-order valence-electron chi connectivity index (χ2n) is 37.8. The van der Waals surface area contributed by atoms with Crippen LogP contribution in [0.15, 0.2) is 491 Å². The minimum atomic E-state index is -3.05. The number of hydrogen-bond acceptors (Lipinski definition) is 4. The monoisotopic (exact) mass is 1870 g/mol. The summed E-state index contributed by atoms with van der Waals surface area (Å²) in [6.07, 6.45) is 4.42. The number of rotatable bonds is 13. The van der Waals surface area contributed by atoms with Gasteiger partial charge in [0.1, 0.15) is 14.3 Å². The first-order valence-corrected chi connectivity index (χ1v) is 57.4. The van der Waals surface area contributed by atoms with Gasteiger partial charge in [-0.1, -0.05) is 474 Å². The molecule has 0 unspecified atom stereocenters. The van der Waals surface area contributed by atoms with E-state index in [1.54, 1.807) is 0 Å². The first kappa shape index (κ1) is 89.7. The third-order valence-electron chi connectivity index (χ3n) is 27.6. The third kappa shape index (κ3) is 17.2. The molecule has 0 aliphatic carbocycles. The van der Waals surface area contributed by atoms with Crippen molar-refractivity contribution in [3.63, 3.8) is 0 Å². The molecule has 25 rings (SSSR count). The molecule has 0 atom stereocenters. The molecule has 0 N–H and O–H groups in total. The van der Waals surface area contributed by atoms with Crippen molar-refractivity contribution in [2.24, 2.45) is 0 Å². The van der Waals surface area contributed by atoms with Crippen molar-refractivity contribution in [3.8, 4) is 77.9 Å². The quantitative estimate of drug-likeness (QED) is 0.0655. The molecule has 0 bridgehead atoms. The highest BCUT2D eigenvalue weighted by Gasteiger charge is 2.31. The predicted molar refractivity (Wildman–Crippen MR) is 615 cm³/mol. The molecular weight excluding hydrogens is 1770 g/mol. The molecule has 1 aromatic heterocycles. The standard InChI is InChI=1S/C45H30NOP.C33H27P.C32H25OP.C22H19OP/c47-48(36-16-3-1-4-17-36,37-18-5-2-6-19-37)38-26-22-31(23-27-38)34-14-11-15-35(30-34)43-41-28-24-32-12-7-9-20-39(32)44(41)46-45-40-21-10-8-13-33(40)25-29-42(43)45;1-34(2,3)27-20-18-24(19-21-27)32-28-12-6-8-14-30(28)33(31-15-9-7-13-29(31)32)26-17-16-23-10-4-5-11-25(23)22-26;1-34(2,33)26-13-9-12-24(21-26)31-27-14-5-7-16-29(27)32(30-17-8-6-15-28(30)31)25-19-18-22-10-3-4-11-23(22)20-25;1-24(2,23)19-13-11-16(12-14-19)22-20-9-5-3-7-17(20)15-18-8-4-6-10-21(18)22/h1-30H;4-22H,1H2,2-3H3;3-21H,1-2H3;3-15H,1-2H3. The summed E-state index contributed by atoms with van der Waals surface area (Å²) in [6, 6.07) is 173. The zero-order valence-electron chi connectivity index (χ0n) is 78.9. The van der Waals surface area contributed by atoms with Crippen molar-refractivity contribution in [2.75, 3.05) is 40.0 Å². The molecule has 0 saturated carbocycles. The largest absolute Gasteiger partial charge is 0.319 e. The van der Waals surface area contributed by atoms with Crippen LogP contribution in [-0.2, 0) is 13.7 Å². The van der Waals surface area contributed by atoms with Crippen LogP contribution in [0.4, 0.5) is 0 Å². The summed E-state index contributed by atoms with van der Waals surface area (Å²) in [5.41, 5.74) is 18.9. The van der Waals surface area contributed by atoms with Crippen LogP contribution in [-0.4, -0.2) is 51.3 Å². The molecule has 25 aromatic rings. The average molecular weight is 1870 g/mol. The van der Waals surface area contributed by atoms with E-state index in [1.165, 1.54) is 158 Å². The van der Waals surface area contributed by atoms with Crippen LogP contribution in [0.1, 0.15) is 0 Å². The maximum atomic E-state index is 14.9.